The molecule has 1 unspecified atom stereocenters. The van der Waals surface area contributed by atoms with Crippen molar-refractivity contribution in [1.82, 2.24) is 4.90 Å². The first-order valence-corrected chi connectivity index (χ1v) is 6.71. The SMILES string of the molecule is COc1cc(C=O)ccc1OCC1CCCCN1C. The zero-order valence-corrected chi connectivity index (χ0v) is 11.6. The van der Waals surface area contributed by atoms with E-state index >= 15 is 0 Å². The molecular formula is C15H21NO3. The molecule has 0 spiro atoms. The van der Waals surface area contributed by atoms with Gasteiger partial charge in [0, 0.05) is 11.6 Å². The molecule has 0 amide bonds. The standard InChI is InChI=1S/C15H21NO3/c1-16-8-4-3-5-13(16)11-19-14-7-6-12(10-17)9-15(14)18-2/h6-7,9-10,13H,3-5,8,11H2,1-2H3. The lowest BCUT2D eigenvalue weighted by atomic mass is 10.0. The molecule has 0 saturated carbocycles. The number of benzene rings is 1. The van der Waals surface area contributed by atoms with Crippen molar-refractivity contribution in [3.05, 3.63) is 23.8 Å². The zero-order chi connectivity index (χ0) is 13.7. The van der Waals surface area contributed by atoms with Crippen molar-refractivity contribution in [1.29, 1.82) is 0 Å². The number of nitrogens with zero attached hydrogens (tertiary/aromatic N) is 1. The molecule has 1 heterocycles. The van der Waals surface area contributed by atoms with Crippen LogP contribution >= 0.6 is 0 Å². The summed E-state index contributed by atoms with van der Waals surface area (Å²) in [7, 11) is 3.73. The van der Waals surface area contributed by atoms with Gasteiger partial charge in [0.1, 0.15) is 12.9 Å². The third-order valence-corrected chi connectivity index (χ3v) is 3.68. The van der Waals surface area contributed by atoms with E-state index in [1.807, 2.05) is 0 Å². The van der Waals surface area contributed by atoms with Gasteiger partial charge in [0.25, 0.3) is 0 Å². The molecule has 1 fully saturated rings. The van der Waals surface area contributed by atoms with E-state index in [0.29, 0.717) is 29.7 Å². The third kappa shape index (κ3) is 3.47. The van der Waals surface area contributed by atoms with Crippen LogP contribution in [0.3, 0.4) is 0 Å². The fourth-order valence-electron chi connectivity index (χ4n) is 2.42. The van der Waals surface area contributed by atoms with Crippen LogP contribution in [0.1, 0.15) is 29.6 Å². The number of hydrogen-bond acceptors (Lipinski definition) is 4. The molecule has 104 valence electrons. The molecule has 0 bridgehead atoms. The van der Waals surface area contributed by atoms with Gasteiger partial charge in [-0.05, 0) is 44.6 Å². The lowest BCUT2D eigenvalue weighted by Gasteiger charge is -2.32. The highest BCUT2D eigenvalue weighted by atomic mass is 16.5. The number of aldehydes is 1. The van der Waals surface area contributed by atoms with E-state index in [0.717, 1.165) is 12.8 Å². The zero-order valence-electron chi connectivity index (χ0n) is 11.6. The number of piperidine rings is 1. The lowest BCUT2D eigenvalue weighted by molar-refractivity contribution is 0.112. The molecule has 0 N–H and O–H groups in total. The van der Waals surface area contributed by atoms with Gasteiger partial charge in [-0.3, -0.25) is 4.79 Å². The fourth-order valence-corrected chi connectivity index (χ4v) is 2.42. The predicted octanol–water partition coefficient (Wildman–Crippen LogP) is 2.37. The fraction of sp³-hybridized carbons (Fsp3) is 0.533. The Balaban J connectivity index is 2.00. The number of likely N-dealkylation sites (tertiary alicyclic amines) is 1. The predicted molar refractivity (Wildman–Crippen MR) is 74.1 cm³/mol. The van der Waals surface area contributed by atoms with Gasteiger partial charge in [-0.25, -0.2) is 0 Å². The van der Waals surface area contributed by atoms with Crippen molar-refractivity contribution in [3.63, 3.8) is 0 Å². The molecule has 1 aromatic carbocycles. The number of carbonyl (C=O) groups excluding carboxylic acids is 1. The first-order chi connectivity index (χ1) is 9.24. The summed E-state index contributed by atoms with van der Waals surface area (Å²) in [5.41, 5.74) is 0.596. The van der Waals surface area contributed by atoms with Gasteiger partial charge in [0.2, 0.25) is 0 Å². The third-order valence-electron chi connectivity index (χ3n) is 3.68. The van der Waals surface area contributed by atoms with E-state index in [4.69, 9.17) is 9.47 Å². The first-order valence-electron chi connectivity index (χ1n) is 6.71. The summed E-state index contributed by atoms with van der Waals surface area (Å²) >= 11 is 0. The van der Waals surface area contributed by atoms with Gasteiger partial charge >= 0.3 is 0 Å². The summed E-state index contributed by atoms with van der Waals surface area (Å²) in [5, 5.41) is 0. The summed E-state index contributed by atoms with van der Waals surface area (Å²) in [6.07, 6.45) is 4.51. The van der Waals surface area contributed by atoms with Crippen LogP contribution in [0.5, 0.6) is 11.5 Å². The number of carbonyl (C=O) groups is 1. The Hall–Kier alpha value is -1.55. The number of likely N-dealkylation sites (N-methyl/N-ethyl adjacent to an activating group) is 1. The van der Waals surface area contributed by atoms with Crippen molar-refractivity contribution < 1.29 is 14.3 Å². The Labute approximate surface area is 114 Å². The summed E-state index contributed by atoms with van der Waals surface area (Å²) in [5.74, 6) is 1.31. The molecule has 19 heavy (non-hydrogen) atoms. The van der Waals surface area contributed by atoms with Crippen molar-refractivity contribution in [2.24, 2.45) is 0 Å². The lowest BCUT2D eigenvalue weighted by Crippen LogP contribution is -2.40. The van der Waals surface area contributed by atoms with E-state index in [9.17, 15) is 4.79 Å². The number of hydrogen-bond donors (Lipinski definition) is 0. The summed E-state index contributed by atoms with van der Waals surface area (Å²) in [6, 6.07) is 5.71. The second-order valence-electron chi connectivity index (χ2n) is 4.97. The minimum Gasteiger partial charge on any atom is -0.493 e. The maximum Gasteiger partial charge on any atom is 0.161 e. The normalized spacial score (nSPS) is 20.0. The van der Waals surface area contributed by atoms with Crippen LogP contribution < -0.4 is 9.47 Å². The van der Waals surface area contributed by atoms with Gasteiger partial charge in [-0.15, -0.1) is 0 Å². The van der Waals surface area contributed by atoms with E-state index in [1.54, 1.807) is 25.3 Å². The summed E-state index contributed by atoms with van der Waals surface area (Å²) in [4.78, 5) is 13.1. The summed E-state index contributed by atoms with van der Waals surface area (Å²) in [6.45, 7) is 1.79. The van der Waals surface area contributed by atoms with Gasteiger partial charge < -0.3 is 14.4 Å². The Bertz CT molecular complexity index is 433. The molecule has 1 aliphatic rings. The maximum atomic E-state index is 10.7. The van der Waals surface area contributed by atoms with Crippen molar-refractivity contribution >= 4 is 6.29 Å². The van der Waals surface area contributed by atoms with Crippen LogP contribution in [0.4, 0.5) is 0 Å². The topological polar surface area (TPSA) is 38.8 Å². The largest absolute Gasteiger partial charge is 0.493 e. The van der Waals surface area contributed by atoms with Gasteiger partial charge in [-0.1, -0.05) is 6.42 Å². The number of methoxy groups -OCH3 is 1. The average Bonchev–Trinajstić information content (AvgIpc) is 2.46. The van der Waals surface area contributed by atoms with Crippen molar-refractivity contribution in [2.45, 2.75) is 25.3 Å². The second kappa shape index (κ2) is 6.57. The van der Waals surface area contributed by atoms with E-state index in [2.05, 4.69) is 11.9 Å². The van der Waals surface area contributed by atoms with Gasteiger partial charge in [0.15, 0.2) is 11.5 Å². The molecule has 1 aromatic rings. The first kappa shape index (κ1) is 13.9. The molecule has 0 aromatic heterocycles. The molecule has 1 atom stereocenters. The Morgan fingerprint density at radius 2 is 2.21 bits per heavy atom. The van der Waals surface area contributed by atoms with Crippen molar-refractivity contribution in [3.8, 4) is 11.5 Å². The molecule has 1 saturated heterocycles. The minimum absolute atomic E-state index is 0.462. The number of ether oxygens (including phenoxy) is 2. The summed E-state index contributed by atoms with van der Waals surface area (Å²) < 4.78 is 11.1. The Kier molecular flexibility index (Phi) is 4.80. The smallest absolute Gasteiger partial charge is 0.161 e. The molecule has 0 radical (unpaired) electrons. The van der Waals surface area contributed by atoms with Crippen LogP contribution in [0.15, 0.2) is 18.2 Å². The highest BCUT2D eigenvalue weighted by Crippen LogP contribution is 2.28. The molecule has 1 aliphatic heterocycles. The number of rotatable bonds is 5. The van der Waals surface area contributed by atoms with Crippen LogP contribution in [-0.4, -0.2) is 44.5 Å². The van der Waals surface area contributed by atoms with E-state index < -0.39 is 0 Å². The molecule has 4 nitrogen and oxygen atoms in total. The molecular weight excluding hydrogens is 242 g/mol. The Morgan fingerprint density at radius 1 is 1.37 bits per heavy atom. The highest BCUT2D eigenvalue weighted by Gasteiger charge is 2.19. The molecule has 2 rings (SSSR count). The quantitative estimate of drug-likeness (QED) is 0.765. The van der Waals surface area contributed by atoms with Crippen molar-refractivity contribution in [2.75, 3.05) is 27.3 Å². The van der Waals surface area contributed by atoms with Gasteiger partial charge in [0.05, 0.1) is 7.11 Å². The highest BCUT2D eigenvalue weighted by molar-refractivity contribution is 5.76. The van der Waals surface area contributed by atoms with Crippen LogP contribution in [0.2, 0.25) is 0 Å². The van der Waals surface area contributed by atoms with Crippen LogP contribution in [0, 0.1) is 0 Å². The Morgan fingerprint density at radius 3 is 2.89 bits per heavy atom. The molecule has 4 heteroatoms. The van der Waals surface area contributed by atoms with Gasteiger partial charge in [-0.2, -0.15) is 0 Å². The maximum absolute atomic E-state index is 10.7. The second-order valence-corrected chi connectivity index (χ2v) is 4.97. The molecule has 0 aliphatic carbocycles. The van der Waals surface area contributed by atoms with Crippen LogP contribution in [0.25, 0.3) is 0 Å². The average molecular weight is 263 g/mol. The van der Waals surface area contributed by atoms with E-state index in [-0.39, 0.29) is 0 Å². The monoisotopic (exact) mass is 263 g/mol. The minimum atomic E-state index is 0.462. The van der Waals surface area contributed by atoms with Crippen LogP contribution in [-0.2, 0) is 0 Å². The van der Waals surface area contributed by atoms with E-state index in [1.165, 1.54) is 19.3 Å².